The number of carbonyl (C=O) groups is 2. The van der Waals surface area contributed by atoms with Crippen LogP contribution in [-0.2, 0) is 9.59 Å². The summed E-state index contributed by atoms with van der Waals surface area (Å²) in [4.78, 5) is 32.7. The quantitative estimate of drug-likeness (QED) is 0.236. The van der Waals surface area contributed by atoms with Crippen LogP contribution in [0.2, 0.25) is 0 Å². The molecule has 0 spiro atoms. The maximum Gasteiger partial charge on any atom is 0.301 e. The number of thiazole rings is 1. The average molecular weight is 487 g/mol. The van der Waals surface area contributed by atoms with E-state index in [4.69, 9.17) is 9.47 Å². The molecule has 1 saturated heterocycles. The van der Waals surface area contributed by atoms with E-state index in [2.05, 4.69) is 4.98 Å². The summed E-state index contributed by atoms with van der Waals surface area (Å²) in [5, 5.41) is 11.6. The Morgan fingerprint density at radius 2 is 1.60 bits per heavy atom. The molecule has 0 radical (unpaired) electrons. The van der Waals surface area contributed by atoms with Gasteiger partial charge in [0.15, 0.2) is 5.13 Å². The summed E-state index contributed by atoms with van der Waals surface area (Å²) >= 11 is 1.29. The van der Waals surface area contributed by atoms with Gasteiger partial charge in [0, 0.05) is 5.56 Å². The molecule has 1 N–H and O–H groups in total. The summed E-state index contributed by atoms with van der Waals surface area (Å²) in [6, 6.07) is 18.8. The number of rotatable bonds is 5. The van der Waals surface area contributed by atoms with Crippen molar-refractivity contribution in [3.05, 3.63) is 89.0 Å². The van der Waals surface area contributed by atoms with Gasteiger partial charge in [0.25, 0.3) is 5.78 Å². The van der Waals surface area contributed by atoms with Crippen LogP contribution in [0.3, 0.4) is 0 Å². The van der Waals surface area contributed by atoms with Crippen LogP contribution in [0.15, 0.2) is 72.3 Å². The van der Waals surface area contributed by atoms with Gasteiger partial charge in [-0.1, -0.05) is 41.2 Å². The Kier molecular flexibility index (Phi) is 5.74. The molecule has 1 fully saturated rings. The minimum absolute atomic E-state index is 0.0147. The van der Waals surface area contributed by atoms with Gasteiger partial charge in [-0.3, -0.25) is 14.5 Å². The van der Waals surface area contributed by atoms with E-state index in [1.54, 1.807) is 44.6 Å². The van der Waals surface area contributed by atoms with Gasteiger partial charge in [0.2, 0.25) is 0 Å². The number of Topliss-reactive ketones (excluding diaryl/α,β-unsaturated/α-hetero) is 1. The Morgan fingerprint density at radius 1 is 0.943 bits per heavy atom. The van der Waals surface area contributed by atoms with E-state index in [1.807, 2.05) is 43.3 Å². The molecule has 1 aliphatic rings. The minimum Gasteiger partial charge on any atom is -0.507 e. The van der Waals surface area contributed by atoms with Gasteiger partial charge in [-0.05, 0) is 55.0 Å². The third kappa shape index (κ3) is 3.91. The van der Waals surface area contributed by atoms with Crippen molar-refractivity contribution in [3.63, 3.8) is 0 Å². The first-order chi connectivity index (χ1) is 16.9. The molecule has 2 heterocycles. The number of aliphatic hydroxyl groups is 1. The van der Waals surface area contributed by atoms with Crippen molar-refractivity contribution >= 4 is 44.1 Å². The molecule has 1 amide bonds. The molecule has 1 aromatic heterocycles. The monoisotopic (exact) mass is 486 g/mol. The Morgan fingerprint density at radius 3 is 2.26 bits per heavy atom. The number of aliphatic hydroxyl groups excluding tert-OH is 1. The second-order valence-electron chi connectivity index (χ2n) is 8.14. The maximum atomic E-state index is 13.4. The normalized spacial score (nSPS) is 17.2. The number of amides is 1. The third-order valence-corrected chi connectivity index (χ3v) is 7.01. The van der Waals surface area contributed by atoms with Gasteiger partial charge in [-0.25, -0.2) is 4.98 Å². The van der Waals surface area contributed by atoms with Crippen LogP contribution in [0.1, 0.15) is 22.7 Å². The molecule has 1 atom stereocenters. The smallest absolute Gasteiger partial charge is 0.301 e. The number of nitrogens with zero attached hydrogens (tertiary/aromatic N) is 2. The van der Waals surface area contributed by atoms with Crippen molar-refractivity contribution in [2.24, 2.45) is 0 Å². The fraction of sp³-hybridized carbons (Fsp3) is 0.148. The summed E-state index contributed by atoms with van der Waals surface area (Å²) in [5.41, 5.74) is 2.84. The first-order valence-electron chi connectivity index (χ1n) is 10.9. The summed E-state index contributed by atoms with van der Waals surface area (Å²) in [6.45, 7) is 1.96. The molecule has 0 saturated carbocycles. The van der Waals surface area contributed by atoms with Gasteiger partial charge in [0.05, 0.1) is 36.1 Å². The number of carbonyl (C=O) groups excluding carboxylic acids is 2. The second kappa shape index (κ2) is 8.88. The molecule has 3 aromatic carbocycles. The van der Waals surface area contributed by atoms with Crippen LogP contribution in [0, 0.1) is 6.92 Å². The number of aryl methyl sites for hydroxylation is 1. The number of benzene rings is 3. The molecule has 0 unspecified atom stereocenters. The van der Waals surface area contributed by atoms with Gasteiger partial charge >= 0.3 is 5.91 Å². The zero-order valence-corrected chi connectivity index (χ0v) is 20.1. The lowest BCUT2D eigenvalue weighted by Crippen LogP contribution is -2.29. The van der Waals surface area contributed by atoms with Gasteiger partial charge in [-0.2, -0.15) is 0 Å². The molecule has 7 nitrogen and oxygen atoms in total. The molecule has 1 aliphatic heterocycles. The Labute approximate surface area is 205 Å². The van der Waals surface area contributed by atoms with E-state index in [9.17, 15) is 14.7 Å². The zero-order chi connectivity index (χ0) is 24.7. The number of ketones is 1. The summed E-state index contributed by atoms with van der Waals surface area (Å²) in [6.07, 6.45) is 0. The zero-order valence-electron chi connectivity index (χ0n) is 19.3. The van der Waals surface area contributed by atoms with Gasteiger partial charge in [0.1, 0.15) is 17.3 Å². The number of hydrogen-bond donors (Lipinski definition) is 1. The molecule has 0 aliphatic carbocycles. The lowest BCUT2D eigenvalue weighted by molar-refractivity contribution is -0.132. The number of anilines is 1. The molecular weight excluding hydrogens is 464 g/mol. The SMILES string of the molecule is COc1ccc(/C(O)=C2\C(=O)C(=O)N(c3nc4ccc(OC)cc4s3)[C@@H]2c2ccc(C)cc2)cc1. The van der Waals surface area contributed by atoms with Crippen molar-refractivity contribution in [1.29, 1.82) is 0 Å². The van der Waals surface area contributed by atoms with E-state index < -0.39 is 17.7 Å². The summed E-state index contributed by atoms with van der Waals surface area (Å²) in [7, 11) is 3.13. The van der Waals surface area contributed by atoms with Crippen LogP contribution in [0.4, 0.5) is 5.13 Å². The van der Waals surface area contributed by atoms with E-state index in [0.29, 0.717) is 33.3 Å². The van der Waals surface area contributed by atoms with Gasteiger partial charge < -0.3 is 14.6 Å². The third-order valence-electron chi connectivity index (χ3n) is 5.99. The molecule has 8 heteroatoms. The van der Waals surface area contributed by atoms with E-state index >= 15 is 0 Å². The van der Waals surface area contributed by atoms with Crippen molar-refractivity contribution in [3.8, 4) is 11.5 Å². The van der Waals surface area contributed by atoms with Crippen molar-refractivity contribution < 1.29 is 24.2 Å². The highest BCUT2D eigenvalue weighted by Crippen LogP contribution is 2.44. The van der Waals surface area contributed by atoms with E-state index in [1.165, 1.54) is 16.2 Å². The van der Waals surface area contributed by atoms with Crippen molar-refractivity contribution in [1.82, 2.24) is 4.98 Å². The first-order valence-corrected chi connectivity index (χ1v) is 11.7. The number of aromatic nitrogens is 1. The molecule has 5 rings (SSSR count). The highest BCUT2D eigenvalue weighted by atomic mass is 32.1. The molecule has 4 aromatic rings. The highest BCUT2D eigenvalue weighted by Gasteiger charge is 2.48. The van der Waals surface area contributed by atoms with E-state index in [0.717, 1.165) is 10.3 Å². The Bertz CT molecular complexity index is 1470. The van der Waals surface area contributed by atoms with Crippen LogP contribution in [0.25, 0.3) is 16.0 Å². The first kappa shape index (κ1) is 22.6. The van der Waals surface area contributed by atoms with Crippen LogP contribution in [-0.4, -0.2) is 36.0 Å². The van der Waals surface area contributed by atoms with Gasteiger partial charge in [-0.15, -0.1) is 0 Å². The fourth-order valence-electron chi connectivity index (χ4n) is 4.12. The predicted octanol–water partition coefficient (Wildman–Crippen LogP) is 5.25. The lowest BCUT2D eigenvalue weighted by atomic mass is 9.95. The molecular formula is C27H22N2O5S. The second-order valence-corrected chi connectivity index (χ2v) is 9.15. The van der Waals surface area contributed by atoms with Crippen LogP contribution >= 0.6 is 11.3 Å². The molecule has 176 valence electrons. The van der Waals surface area contributed by atoms with Crippen molar-refractivity contribution in [2.45, 2.75) is 13.0 Å². The summed E-state index contributed by atoms with van der Waals surface area (Å²) < 4.78 is 11.3. The number of ether oxygens (including phenoxy) is 2. The standard InChI is InChI=1S/C27H22N2O5S/c1-15-4-6-16(7-5-15)23-22(24(30)17-8-10-18(33-2)11-9-17)25(31)26(32)29(23)27-28-20-13-12-19(34-3)14-21(20)35-27/h4-14,23,30H,1-3H3/b24-22+/t23-/m1/s1. The Hall–Kier alpha value is -4.17. The number of fused-ring (bicyclic) bond motifs is 1. The van der Waals surface area contributed by atoms with Crippen LogP contribution < -0.4 is 14.4 Å². The predicted molar refractivity (Wildman–Crippen MR) is 135 cm³/mol. The topological polar surface area (TPSA) is 89.0 Å². The maximum absolute atomic E-state index is 13.4. The average Bonchev–Trinajstić information content (AvgIpc) is 3.41. The van der Waals surface area contributed by atoms with E-state index in [-0.39, 0.29) is 11.3 Å². The Balaban J connectivity index is 1.69. The lowest BCUT2D eigenvalue weighted by Gasteiger charge is -2.23. The van der Waals surface area contributed by atoms with Crippen LogP contribution in [0.5, 0.6) is 11.5 Å². The van der Waals surface area contributed by atoms with Crippen molar-refractivity contribution in [2.75, 3.05) is 19.1 Å². The minimum atomic E-state index is -0.833. The number of hydrogen-bond acceptors (Lipinski definition) is 7. The fourth-order valence-corrected chi connectivity index (χ4v) is 5.14. The largest absolute Gasteiger partial charge is 0.507 e. The number of methoxy groups -OCH3 is 2. The highest BCUT2D eigenvalue weighted by molar-refractivity contribution is 7.22. The molecule has 0 bridgehead atoms. The summed E-state index contributed by atoms with van der Waals surface area (Å²) in [5.74, 6) is -0.467. The molecule has 35 heavy (non-hydrogen) atoms.